The maximum Gasteiger partial charge on any atom is 0.263 e. The molecule has 2 rings (SSSR count). The highest BCUT2D eigenvalue weighted by Gasteiger charge is 2.20. The van der Waals surface area contributed by atoms with Gasteiger partial charge in [-0.05, 0) is 30.3 Å². The first-order valence-corrected chi connectivity index (χ1v) is 7.40. The van der Waals surface area contributed by atoms with Crippen molar-refractivity contribution in [1.82, 2.24) is 0 Å². The first kappa shape index (κ1) is 15.1. The van der Waals surface area contributed by atoms with Gasteiger partial charge in [0.15, 0.2) is 0 Å². The highest BCUT2D eigenvalue weighted by atomic mass is 35.5. The van der Waals surface area contributed by atoms with Crippen LogP contribution in [0, 0.1) is 17.1 Å². The molecule has 0 fully saturated rings. The number of rotatable bonds is 3. The van der Waals surface area contributed by atoms with Crippen molar-refractivity contribution in [2.75, 3.05) is 4.72 Å². The fourth-order valence-electron chi connectivity index (χ4n) is 1.57. The topological polar surface area (TPSA) is 90.2 Å². The van der Waals surface area contributed by atoms with E-state index in [9.17, 15) is 17.9 Å². The molecule has 0 aliphatic carbocycles. The monoisotopic (exact) mass is 326 g/mol. The number of hydrogen-bond donors (Lipinski definition) is 2. The molecule has 2 aromatic rings. The van der Waals surface area contributed by atoms with E-state index < -0.39 is 21.6 Å². The van der Waals surface area contributed by atoms with Gasteiger partial charge in [0.1, 0.15) is 16.5 Å². The lowest BCUT2D eigenvalue weighted by Crippen LogP contribution is -2.14. The third kappa shape index (κ3) is 3.24. The Morgan fingerprint density at radius 1 is 1.24 bits per heavy atom. The summed E-state index contributed by atoms with van der Waals surface area (Å²) in [6, 6.07) is 8.38. The van der Waals surface area contributed by atoms with Gasteiger partial charge in [-0.15, -0.1) is 0 Å². The van der Waals surface area contributed by atoms with E-state index in [0.29, 0.717) is 0 Å². The maximum absolute atomic E-state index is 12.9. The summed E-state index contributed by atoms with van der Waals surface area (Å²) in [5.74, 6) is -1.27. The Morgan fingerprint density at radius 2 is 1.95 bits per heavy atom. The van der Waals surface area contributed by atoms with Gasteiger partial charge in [-0.25, -0.2) is 12.8 Å². The van der Waals surface area contributed by atoms with E-state index in [2.05, 4.69) is 4.72 Å². The molecule has 0 saturated heterocycles. The van der Waals surface area contributed by atoms with Crippen LogP contribution in [-0.4, -0.2) is 13.5 Å². The summed E-state index contributed by atoms with van der Waals surface area (Å²) in [6.07, 6.45) is 0. The van der Waals surface area contributed by atoms with E-state index in [1.165, 1.54) is 12.1 Å². The van der Waals surface area contributed by atoms with Crippen LogP contribution in [0.1, 0.15) is 5.56 Å². The van der Waals surface area contributed by atoms with Crippen molar-refractivity contribution >= 4 is 27.3 Å². The van der Waals surface area contributed by atoms with Crippen LogP contribution in [0.15, 0.2) is 41.3 Å². The number of anilines is 1. The number of nitrogens with one attached hydrogen (secondary N) is 1. The molecular formula is C13H8ClFN2O3S. The molecular weight excluding hydrogens is 319 g/mol. The van der Waals surface area contributed by atoms with Gasteiger partial charge in [0, 0.05) is 6.07 Å². The van der Waals surface area contributed by atoms with Gasteiger partial charge in [0.25, 0.3) is 10.0 Å². The van der Waals surface area contributed by atoms with Gasteiger partial charge in [0.05, 0.1) is 22.3 Å². The Balaban J connectivity index is 2.46. The number of aromatic hydroxyl groups is 1. The number of hydrogen-bond acceptors (Lipinski definition) is 4. The lowest BCUT2D eigenvalue weighted by Gasteiger charge is -2.11. The van der Waals surface area contributed by atoms with Crippen molar-refractivity contribution in [2.24, 2.45) is 0 Å². The van der Waals surface area contributed by atoms with Crippen molar-refractivity contribution in [3.05, 3.63) is 52.8 Å². The zero-order valence-corrected chi connectivity index (χ0v) is 11.9. The summed E-state index contributed by atoms with van der Waals surface area (Å²) in [5, 5.41) is 18.2. The Bertz CT molecular complexity index is 847. The minimum atomic E-state index is -4.13. The minimum absolute atomic E-state index is 0.0805. The molecule has 0 spiro atoms. The molecule has 8 heteroatoms. The van der Waals surface area contributed by atoms with Crippen LogP contribution in [0.2, 0.25) is 5.02 Å². The summed E-state index contributed by atoms with van der Waals surface area (Å²) in [7, 11) is -4.13. The fourth-order valence-corrected chi connectivity index (χ4v) is 3.17. The largest absolute Gasteiger partial charge is 0.506 e. The van der Waals surface area contributed by atoms with Crippen LogP contribution >= 0.6 is 11.6 Å². The average molecular weight is 327 g/mol. The van der Waals surface area contributed by atoms with Crippen molar-refractivity contribution in [1.29, 1.82) is 5.26 Å². The van der Waals surface area contributed by atoms with Crippen LogP contribution in [0.3, 0.4) is 0 Å². The first-order chi connectivity index (χ1) is 9.83. The number of benzene rings is 2. The van der Waals surface area contributed by atoms with Crippen LogP contribution in [0.4, 0.5) is 10.1 Å². The van der Waals surface area contributed by atoms with Gasteiger partial charge in [-0.1, -0.05) is 11.6 Å². The molecule has 21 heavy (non-hydrogen) atoms. The molecule has 0 bridgehead atoms. The lowest BCUT2D eigenvalue weighted by molar-refractivity contribution is 0.471. The summed E-state index contributed by atoms with van der Waals surface area (Å²) in [4.78, 5) is -0.313. The predicted octanol–water partition coefficient (Wildman–Crippen LogP) is 2.86. The van der Waals surface area contributed by atoms with Crippen LogP contribution < -0.4 is 4.72 Å². The molecule has 2 N–H and O–H groups in total. The summed E-state index contributed by atoms with van der Waals surface area (Å²) in [5.41, 5.74) is -0.0852. The first-order valence-electron chi connectivity index (χ1n) is 5.54. The zero-order valence-electron chi connectivity index (χ0n) is 10.3. The molecule has 5 nitrogen and oxygen atoms in total. The van der Waals surface area contributed by atoms with Gasteiger partial charge in [-0.3, -0.25) is 4.72 Å². The van der Waals surface area contributed by atoms with Gasteiger partial charge in [0.2, 0.25) is 0 Å². The van der Waals surface area contributed by atoms with E-state index in [0.717, 1.165) is 24.3 Å². The maximum atomic E-state index is 12.9. The molecule has 2 aromatic carbocycles. The Labute approximate surface area is 125 Å². The summed E-state index contributed by atoms with van der Waals surface area (Å²) in [6.45, 7) is 0. The molecule has 108 valence electrons. The zero-order chi connectivity index (χ0) is 15.6. The second kappa shape index (κ2) is 5.60. The average Bonchev–Trinajstić information content (AvgIpc) is 2.42. The van der Waals surface area contributed by atoms with Crippen molar-refractivity contribution < 1.29 is 17.9 Å². The number of phenols is 1. The van der Waals surface area contributed by atoms with Gasteiger partial charge < -0.3 is 5.11 Å². The highest BCUT2D eigenvalue weighted by Crippen LogP contribution is 2.29. The molecule has 0 aromatic heterocycles. The molecule has 0 saturated carbocycles. The van der Waals surface area contributed by atoms with Crippen LogP contribution in [0.5, 0.6) is 5.75 Å². The molecule has 0 heterocycles. The number of nitriles is 1. The van der Waals surface area contributed by atoms with E-state index >= 15 is 0 Å². The van der Waals surface area contributed by atoms with Gasteiger partial charge >= 0.3 is 0 Å². The Morgan fingerprint density at radius 3 is 2.57 bits per heavy atom. The number of phenolic OH excluding ortho intramolecular Hbond substituents is 1. The summed E-state index contributed by atoms with van der Waals surface area (Å²) < 4.78 is 39.4. The third-order valence-corrected chi connectivity index (χ3v) is 4.40. The number of halogens is 2. The SMILES string of the molecule is N#Cc1ccc(Cl)c(S(=O)(=O)Nc2ccc(F)cc2O)c1. The van der Waals surface area contributed by atoms with Crippen LogP contribution in [0.25, 0.3) is 0 Å². The Hall–Kier alpha value is -2.30. The highest BCUT2D eigenvalue weighted by molar-refractivity contribution is 7.92. The molecule has 0 amide bonds. The third-order valence-electron chi connectivity index (χ3n) is 2.55. The van der Waals surface area contributed by atoms with Crippen molar-refractivity contribution in [3.63, 3.8) is 0 Å². The summed E-state index contributed by atoms with van der Waals surface area (Å²) >= 11 is 5.82. The quantitative estimate of drug-likeness (QED) is 0.849. The Kier molecular flexibility index (Phi) is 4.02. The second-order valence-corrected chi connectivity index (χ2v) is 6.08. The van der Waals surface area contributed by atoms with Crippen LogP contribution in [-0.2, 0) is 10.0 Å². The molecule has 0 aliphatic heterocycles. The number of nitrogens with zero attached hydrogens (tertiary/aromatic N) is 1. The van der Waals surface area contributed by atoms with E-state index in [1.54, 1.807) is 6.07 Å². The van der Waals surface area contributed by atoms with E-state index in [1.807, 2.05) is 0 Å². The smallest absolute Gasteiger partial charge is 0.263 e. The minimum Gasteiger partial charge on any atom is -0.506 e. The van der Waals surface area contributed by atoms with Crippen molar-refractivity contribution in [3.8, 4) is 11.8 Å². The molecule has 0 unspecified atom stereocenters. The van der Waals surface area contributed by atoms with E-state index in [4.69, 9.17) is 16.9 Å². The van der Waals surface area contributed by atoms with E-state index in [-0.39, 0.29) is 21.2 Å². The molecule has 0 atom stereocenters. The van der Waals surface area contributed by atoms with Crippen molar-refractivity contribution in [2.45, 2.75) is 4.90 Å². The van der Waals surface area contributed by atoms with Gasteiger partial charge in [-0.2, -0.15) is 5.26 Å². The number of sulfonamides is 1. The normalized spacial score (nSPS) is 10.9. The fraction of sp³-hybridized carbons (Fsp3) is 0. The second-order valence-electron chi connectivity index (χ2n) is 4.02. The standard InChI is InChI=1S/C13H8ClFN2O3S/c14-10-3-1-8(7-16)5-13(10)21(19,20)17-11-4-2-9(15)6-12(11)18/h1-6,17-18H. The lowest BCUT2D eigenvalue weighted by atomic mass is 10.2. The predicted molar refractivity (Wildman–Crippen MR) is 75.0 cm³/mol. The molecule has 0 aliphatic rings. The molecule has 0 radical (unpaired) electrons.